The molecule has 10 N–H and O–H groups in total. The first kappa shape index (κ1) is 34.6. The van der Waals surface area contributed by atoms with Crippen LogP contribution in [0, 0.1) is 0 Å². The third kappa shape index (κ3) is 11.8. The number of aliphatic hydroxyl groups excluding tert-OH is 10. The Morgan fingerprint density at radius 3 is 1.82 bits per heavy atom. The smallest absolute Gasteiger partial charge is 0.188 e. The summed E-state index contributed by atoms with van der Waals surface area (Å²) in [4.78, 5) is 12.9. The Kier molecular flexibility index (Phi) is 16.4. The van der Waals surface area contributed by atoms with Gasteiger partial charge < -0.3 is 55.8 Å². The molecule has 0 bridgehead atoms. The third-order valence-electron chi connectivity index (χ3n) is 5.80. The molecule has 0 fully saturated rings. The van der Waals surface area contributed by atoms with Gasteiger partial charge in [0.25, 0.3) is 0 Å². The van der Waals surface area contributed by atoms with Crippen molar-refractivity contribution in [2.45, 2.75) is 67.9 Å². The highest BCUT2D eigenvalue weighted by Gasteiger charge is 2.34. The molecule has 0 aliphatic rings. The van der Waals surface area contributed by atoms with Crippen molar-refractivity contribution in [2.24, 2.45) is 0 Å². The first-order valence-corrected chi connectivity index (χ1v) is 13.2. The molecule has 1 rings (SSSR count). The molecule has 14 heteroatoms. The predicted molar refractivity (Wildman–Crippen MR) is 137 cm³/mol. The second-order valence-corrected chi connectivity index (χ2v) is 9.90. The molecule has 1 unspecified atom stereocenters. The SMILES string of the molecule is CCC(=O)SCc1cccc(OCCN(C[C@H](O)[C@@H](O)[C@H](O)[C@H](O)CO)C[C@H](O)[C@@H](O)[C@H](O)C(O)CO)c1. The molecule has 0 aliphatic carbocycles. The van der Waals surface area contributed by atoms with E-state index >= 15 is 0 Å². The Bertz CT molecular complexity index is 775. The lowest BCUT2D eigenvalue weighted by atomic mass is 10.0. The summed E-state index contributed by atoms with van der Waals surface area (Å²) in [5.41, 5.74) is 0.858. The average Bonchev–Trinajstić information content (AvgIpc) is 2.93. The van der Waals surface area contributed by atoms with Crippen LogP contribution in [-0.2, 0) is 10.5 Å². The second-order valence-electron chi connectivity index (χ2n) is 8.87. The lowest BCUT2D eigenvalue weighted by Crippen LogP contribution is -2.53. The average molecular weight is 568 g/mol. The van der Waals surface area contributed by atoms with Crippen LogP contribution in [0.4, 0.5) is 0 Å². The molecule has 0 aromatic heterocycles. The van der Waals surface area contributed by atoms with Gasteiger partial charge in [0, 0.05) is 31.8 Å². The van der Waals surface area contributed by atoms with Crippen LogP contribution < -0.4 is 4.74 Å². The van der Waals surface area contributed by atoms with E-state index in [1.165, 1.54) is 16.7 Å². The quantitative estimate of drug-likeness (QED) is 0.0779. The lowest BCUT2D eigenvalue weighted by Gasteiger charge is -2.33. The molecule has 220 valence electrons. The van der Waals surface area contributed by atoms with Gasteiger partial charge in [0.15, 0.2) is 5.12 Å². The van der Waals surface area contributed by atoms with Gasteiger partial charge in [-0.1, -0.05) is 30.8 Å². The molecule has 1 aromatic rings. The largest absolute Gasteiger partial charge is 0.492 e. The highest BCUT2D eigenvalue weighted by atomic mass is 32.2. The molecule has 0 aliphatic heterocycles. The van der Waals surface area contributed by atoms with Crippen LogP contribution in [0.1, 0.15) is 18.9 Å². The second kappa shape index (κ2) is 18.0. The molecule has 0 heterocycles. The number of nitrogens with zero attached hydrogens (tertiary/aromatic N) is 1. The number of carbonyl (C=O) groups is 1. The zero-order chi connectivity index (χ0) is 28.8. The summed E-state index contributed by atoms with van der Waals surface area (Å²) in [5.74, 6) is 0.949. The van der Waals surface area contributed by atoms with Crippen LogP contribution >= 0.6 is 11.8 Å². The summed E-state index contributed by atoms with van der Waals surface area (Å²) >= 11 is 1.18. The van der Waals surface area contributed by atoms with E-state index in [0.29, 0.717) is 17.9 Å². The van der Waals surface area contributed by atoms with Crippen molar-refractivity contribution in [3.63, 3.8) is 0 Å². The van der Waals surface area contributed by atoms with Crippen LogP contribution in [0.3, 0.4) is 0 Å². The minimum Gasteiger partial charge on any atom is -0.492 e. The van der Waals surface area contributed by atoms with E-state index in [2.05, 4.69) is 0 Å². The van der Waals surface area contributed by atoms with E-state index in [1.807, 2.05) is 6.07 Å². The van der Waals surface area contributed by atoms with Crippen LogP contribution in [0.15, 0.2) is 24.3 Å². The highest BCUT2D eigenvalue weighted by molar-refractivity contribution is 8.12. The highest BCUT2D eigenvalue weighted by Crippen LogP contribution is 2.19. The molecule has 13 nitrogen and oxygen atoms in total. The monoisotopic (exact) mass is 567 g/mol. The summed E-state index contributed by atoms with van der Waals surface area (Å²) in [6.45, 7) is -0.712. The van der Waals surface area contributed by atoms with E-state index in [-0.39, 0.29) is 18.3 Å². The van der Waals surface area contributed by atoms with Crippen molar-refractivity contribution in [3.8, 4) is 5.75 Å². The topological polar surface area (TPSA) is 232 Å². The minimum atomic E-state index is -1.87. The maximum atomic E-state index is 11.5. The van der Waals surface area contributed by atoms with E-state index in [4.69, 9.17) is 14.9 Å². The van der Waals surface area contributed by atoms with Gasteiger partial charge in [-0.15, -0.1) is 0 Å². The van der Waals surface area contributed by atoms with Crippen LogP contribution in [0.2, 0.25) is 0 Å². The van der Waals surface area contributed by atoms with Gasteiger partial charge in [-0.3, -0.25) is 9.69 Å². The van der Waals surface area contributed by atoms with Crippen LogP contribution in [0.25, 0.3) is 0 Å². The molecule has 0 radical (unpaired) electrons. The molecule has 0 spiro atoms. The predicted octanol–water partition coefficient (Wildman–Crippen LogP) is -3.59. The summed E-state index contributed by atoms with van der Waals surface area (Å²) in [6, 6.07) is 7.03. The van der Waals surface area contributed by atoms with Gasteiger partial charge in [-0.25, -0.2) is 0 Å². The Morgan fingerprint density at radius 1 is 0.842 bits per heavy atom. The molecule has 1 aromatic carbocycles. The molecule has 38 heavy (non-hydrogen) atoms. The van der Waals surface area contributed by atoms with Crippen molar-refractivity contribution in [2.75, 3.05) is 39.5 Å². The van der Waals surface area contributed by atoms with Crippen molar-refractivity contribution >= 4 is 16.9 Å². The number of benzene rings is 1. The van der Waals surface area contributed by atoms with Gasteiger partial charge >= 0.3 is 0 Å². The lowest BCUT2D eigenvalue weighted by molar-refractivity contribution is -0.130. The minimum absolute atomic E-state index is 0.000244. The molecule has 8 atom stereocenters. The standard InChI is InChI=1S/C24H41NO12S/c1-2-20(32)38-13-14-4-3-5-15(8-14)37-7-6-25(9-16(28)21(33)23(35)18(30)11-26)10-17(29)22(34)24(36)19(31)12-27/h3-5,8,16-19,21-24,26-31,33-36H,2,6-7,9-13H2,1H3/t16-,17-,18+,19?,21+,22+,23+,24+/m0/s1. The van der Waals surface area contributed by atoms with E-state index in [0.717, 1.165) is 5.56 Å². The first-order chi connectivity index (χ1) is 17.9. The number of carbonyl (C=O) groups excluding carboxylic acids is 1. The van der Waals surface area contributed by atoms with Gasteiger partial charge in [0.2, 0.25) is 0 Å². The van der Waals surface area contributed by atoms with Gasteiger partial charge in [-0.05, 0) is 17.7 Å². The third-order valence-corrected chi connectivity index (χ3v) is 6.89. The fourth-order valence-corrected chi connectivity index (χ4v) is 4.12. The van der Waals surface area contributed by atoms with Gasteiger partial charge in [0.05, 0.1) is 25.4 Å². The fraction of sp³-hybridized carbons (Fsp3) is 0.708. The molecule has 0 amide bonds. The maximum absolute atomic E-state index is 11.5. The normalized spacial score (nSPS) is 18.3. The number of aliphatic hydroxyl groups is 10. The summed E-state index contributed by atoms with van der Waals surface area (Å²) < 4.78 is 5.73. The van der Waals surface area contributed by atoms with E-state index in [1.54, 1.807) is 25.1 Å². The Balaban J connectivity index is 2.87. The fourth-order valence-electron chi connectivity index (χ4n) is 3.41. The number of hydrogen-bond donors (Lipinski definition) is 10. The van der Waals surface area contributed by atoms with E-state index < -0.39 is 75.1 Å². The zero-order valence-corrected chi connectivity index (χ0v) is 22.0. The summed E-state index contributed by atoms with van der Waals surface area (Å²) in [5, 5.41) is 97.9. The van der Waals surface area contributed by atoms with Crippen LogP contribution in [-0.4, -0.2) is 149 Å². The summed E-state index contributed by atoms with van der Waals surface area (Å²) in [7, 11) is 0. The van der Waals surface area contributed by atoms with Crippen molar-refractivity contribution < 1.29 is 60.6 Å². The Hall–Kier alpha value is -1.40. The number of hydrogen-bond acceptors (Lipinski definition) is 14. The van der Waals surface area contributed by atoms with Crippen molar-refractivity contribution in [1.29, 1.82) is 0 Å². The van der Waals surface area contributed by atoms with Gasteiger partial charge in [0.1, 0.15) is 49.0 Å². The molecular formula is C24H41NO12S. The first-order valence-electron chi connectivity index (χ1n) is 12.2. The van der Waals surface area contributed by atoms with Gasteiger partial charge in [-0.2, -0.15) is 0 Å². The molecular weight excluding hydrogens is 526 g/mol. The van der Waals surface area contributed by atoms with Crippen LogP contribution in [0.5, 0.6) is 5.75 Å². The summed E-state index contributed by atoms with van der Waals surface area (Å²) in [6.07, 6.45) is -13.8. The molecule has 0 saturated carbocycles. The van der Waals surface area contributed by atoms with Crippen molar-refractivity contribution in [1.82, 2.24) is 4.90 Å². The zero-order valence-electron chi connectivity index (χ0n) is 21.2. The maximum Gasteiger partial charge on any atom is 0.188 e. The van der Waals surface area contributed by atoms with E-state index in [9.17, 15) is 45.6 Å². The number of thioether (sulfide) groups is 1. The molecule has 0 saturated heterocycles. The Labute approximate surface area is 225 Å². The Morgan fingerprint density at radius 2 is 1.34 bits per heavy atom. The number of rotatable bonds is 19. The van der Waals surface area contributed by atoms with Crippen molar-refractivity contribution in [3.05, 3.63) is 29.8 Å². The number of ether oxygens (including phenoxy) is 1.